The molecule has 2 aliphatic heterocycles. The Morgan fingerprint density at radius 3 is 1.56 bits per heavy atom. The number of amides is 4. The van der Waals surface area contributed by atoms with Crippen LogP contribution < -0.4 is 21.3 Å². The van der Waals surface area contributed by atoms with E-state index >= 15 is 0 Å². The van der Waals surface area contributed by atoms with Gasteiger partial charge < -0.3 is 30.7 Å². The first-order valence-corrected chi connectivity index (χ1v) is 10.9. The van der Waals surface area contributed by atoms with Crippen molar-refractivity contribution in [2.24, 2.45) is 0 Å². The van der Waals surface area contributed by atoms with Gasteiger partial charge in [-0.1, -0.05) is 24.3 Å². The van der Waals surface area contributed by atoms with Crippen LogP contribution in [-0.2, 0) is 41.7 Å². The Morgan fingerprint density at radius 1 is 0.719 bits per heavy atom. The zero-order chi connectivity index (χ0) is 22.8. The first-order chi connectivity index (χ1) is 15.5. The number of ether oxygens (including phenoxy) is 2. The third-order valence-corrected chi connectivity index (χ3v) is 5.34. The van der Waals surface area contributed by atoms with Crippen LogP contribution in [0.5, 0.6) is 0 Å². The highest BCUT2D eigenvalue weighted by atomic mass is 16.5. The van der Waals surface area contributed by atoms with Crippen molar-refractivity contribution < 1.29 is 28.7 Å². The molecule has 2 atom stereocenters. The summed E-state index contributed by atoms with van der Waals surface area (Å²) in [6.07, 6.45) is 3.62. The fourth-order valence-corrected chi connectivity index (χ4v) is 3.56. The number of carbonyl (C=O) groups excluding carboxylic acids is 4. The normalized spacial score (nSPS) is 19.9. The molecule has 4 N–H and O–H groups in total. The number of nitrogens with one attached hydrogen (secondary N) is 4. The van der Waals surface area contributed by atoms with E-state index in [1.165, 1.54) is 0 Å². The Balaban J connectivity index is 1.36. The molecule has 10 nitrogen and oxygen atoms in total. The number of rotatable bonds is 8. The van der Waals surface area contributed by atoms with Gasteiger partial charge in [0.2, 0.25) is 0 Å². The molecule has 1 aromatic rings. The average molecular weight is 447 g/mol. The summed E-state index contributed by atoms with van der Waals surface area (Å²) >= 11 is 0. The zero-order valence-corrected chi connectivity index (χ0v) is 18.0. The molecule has 0 unspecified atom stereocenters. The second-order valence-electron chi connectivity index (χ2n) is 7.88. The summed E-state index contributed by atoms with van der Waals surface area (Å²) in [6, 6.07) is 7.15. The summed E-state index contributed by atoms with van der Waals surface area (Å²) in [7, 11) is 0. The minimum absolute atomic E-state index is 0.0308. The van der Waals surface area contributed by atoms with Crippen molar-refractivity contribution in [3.63, 3.8) is 0 Å². The van der Waals surface area contributed by atoms with Crippen molar-refractivity contribution in [2.75, 3.05) is 26.3 Å². The van der Waals surface area contributed by atoms with Gasteiger partial charge in [0.05, 0.1) is 12.2 Å². The van der Waals surface area contributed by atoms with Crippen LogP contribution in [-0.4, -0.2) is 62.1 Å². The second kappa shape index (κ2) is 12.2. The van der Waals surface area contributed by atoms with Crippen molar-refractivity contribution in [3.8, 4) is 0 Å². The van der Waals surface area contributed by atoms with Crippen LogP contribution in [0.2, 0.25) is 0 Å². The summed E-state index contributed by atoms with van der Waals surface area (Å²) < 4.78 is 10.8. The fourth-order valence-electron chi connectivity index (χ4n) is 3.56. The molecular weight excluding hydrogens is 416 g/mol. The summed E-state index contributed by atoms with van der Waals surface area (Å²) in [6.45, 7) is 2.34. The van der Waals surface area contributed by atoms with Crippen molar-refractivity contribution in [2.45, 2.75) is 51.0 Å². The summed E-state index contributed by atoms with van der Waals surface area (Å²) in [5.41, 5.74) is 1.53. The van der Waals surface area contributed by atoms with Gasteiger partial charge in [0.25, 0.3) is 0 Å². The Hall–Kier alpha value is -2.98. The van der Waals surface area contributed by atoms with E-state index in [1.807, 2.05) is 0 Å². The lowest BCUT2D eigenvalue weighted by atomic mass is 10.1. The van der Waals surface area contributed by atoms with Crippen molar-refractivity contribution in [3.05, 3.63) is 35.4 Å². The highest BCUT2D eigenvalue weighted by Crippen LogP contribution is 2.11. The van der Waals surface area contributed by atoms with E-state index in [0.717, 1.165) is 36.8 Å². The Bertz CT molecular complexity index is 755. The van der Waals surface area contributed by atoms with Gasteiger partial charge in [-0.15, -0.1) is 0 Å². The molecule has 0 radical (unpaired) electrons. The van der Waals surface area contributed by atoms with Gasteiger partial charge in [0, 0.05) is 39.4 Å². The fraction of sp³-hybridized carbons (Fsp3) is 0.545. The number of hydrogen-bond acceptors (Lipinski definition) is 6. The van der Waals surface area contributed by atoms with E-state index in [0.29, 0.717) is 26.3 Å². The maximum atomic E-state index is 12.0. The van der Waals surface area contributed by atoms with Gasteiger partial charge in [-0.05, 0) is 36.8 Å². The predicted molar refractivity (Wildman–Crippen MR) is 114 cm³/mol. The van der Waals surface area contributed by atoms with Gasteiger partial charge in [0.1, 0.15) is 0 Å². The van der Waals surface area contributed by atoms with E-state index in [4.69, 9.17) is 9.47 Å². The minimum Gasteiger partial charge on any atom is -0.376 e. The molecule has 0 spiro atoms. The standard InChI is InChI=1S/C22H30N4O6/c27-19(21(29)25-13-17-6-2-8-31-17)23-11-15-4-1-5-16(10-15)12-24-20(28)22(30)26-14-18-7-3-9-32-18/h1,4-5,10,17-18H,2-3,6-9,11-14H2,(H,23,27)(H,24,28)(H,25,29)(H,26,30)/t17-,18-/m0/s1. The summed E-state index contributed by atoms with van der Waals surface area (Å²) in [5, 5.41) is 10.3. The molecule has 2 heterocycles. The highest BCUT2D eigenvalue weighted by molar-refractivity contribution is 6.35. The summed E-state index contributed by atoms with van der Waals surface area (Å²) in [4.78, 5) is 47.7. The lowest BCUT2D eigenvalue weighted by Gasteiger charge is -2.12. The molecule has 0 saturated carbocycles. The Morgan fingerprint density at radius 2 is 1.16 bits per heavy atom. The zero-order valence-electron chi connectivity index (χ0n) is 18.0. The number of hydrogen-bond donors (Lipinski definition) is 4. The van der Waals surface area contributed by atoms with E-state index in [-0.39, 0.29) is 25.3 Å². The van der Waals surface area contributed by atoms with Gasteiger partial charge in [-0.25, -0.2) is 0 Å². The van der Waals surface area contributed by atoms with Crippen LogP contribution in [0.1, 0.15) is 36.8 Å². The summed E-state index contributed by atoms with van der Waals surface area (Å²) in [5.74, 6) is -2.83. The molecule has 10 heteroatoms. The van der Waals surface area contributed by atoms with Gasteiger partial charge >= 0.3 is 23.6 Å². The maximum absolute atomic E-state index is 12.0. The number of carbonyl (C=O) groups is 4. The second-order valence-corrected chi connectivity index (χ2v) is 7.88. The Kier molecular flexibility index (Phi) is 9.00. The van der Waals surface area contributed by atoms with E-state index < -0.39 is 23.6 Å². The smallest absolute Gasteiger partial charge is 0.309 e. The van der Waals surface area contributed by atoms with E-state index in [2.05, 4.69) is 21.3 Å². The number of benzene rings is 1. The molecule has 2 aliphatic rings. The van der Waals surface area contributed by atoms with Crippen LogP contribution in [0, 0.1) is 0 Å². The molecule has 2 saturated heterocycles. The van der Waals surface area contributed by atoms with Crippen LogP contribution in [0.4, 0.5) is 0 Å². The monoisotopic (exact) mass is 446 g/mol. The first kappa shape index (κ1) is 23.7. The molecule has 0 aliphatic carbocycles. The average Bonchev–Trinajstić information content (AvgIpc) is 3.52. The first-order valence-electron chi connectivity index (χ1n) is 10.9. The van der Waals surface area contributed by atoms with Crippen LogP contribution in [0.25, 0.3) is 0 Å². The third-order valence-electron chi connectivity index (χ3n) is 5.34. The molecule has 174 valence electrons. The molecule has 2 fully saturated rings. The van der Waals surface area contributed by atoms with Crippen molar-refractivity contribution in [1.82, 2.24) is 21.3 Å². The van der Waals surface area contributed by atoms with Gasteiger partial charge in [0.15, 0.2) is 0 Å². The predicted octanol–water partition coefficient (Wildman–Crippen LogP) is -0.491. The SMILES string of the molecule is O=C(NCc1cccc(CNC(=O)C(=O)NC[C@@H]2CCCO2)c1)C(=O)NC[C@@H]1CCCO1. The topological polar surface area (TPSA) is 135 Å². The van der Waals surface area contributed by atoms with Gasteiger partial charge in [-0.3, -0.25) is 19.2 Å². The quantitative estimate of drug-likeness (QED) is 0.398. The van der Waals surface area contributed by atoms with E-state index in [1.54, 1.807) is 24.3 Å². The highest BCUT2D eigenvalue weighted by Gasteiger charge is 2.20. The maximum Gasteiger partial charge on any atom is 0.309 e. The molecular formula is C22H30N4O6. The Labute approximate surface area is 186 Å². The minimum atomic E-state index is -0.718. The molecule has 4 amide bonds. The van der Waals surface area contributed by atoms with Crippen LogP contribution in [0.15, 0.2) is 24.3 Å². The molecule has 3 rings (SSSR count). The van der Waals surface area contributed by atoms with Gasteiger partial charge in [-0.2, -0.15) is 0 Å². The molecule has 32 heavy (non-hydrogen) atoms. The largest absolute Gasteiger partial charge is 0.376 e. The van der Waals surface area contributed by atoms with Crippen LogP contribution >= 0.6 is 0 Å². The molecule has 0 bridgehead atoms. The lowest BCUT2D eigenvalue weighted by Crippen LogP contribution is -2.42. The van der Waals surface area contributed by atoms with Crippen molar-refractivity contribution in [1.29, 1.82) is 0 Å². The van der Waals surface area contributed by atoms with E-state index in [9.17, 15) is 19.2 Å². The van der Waals surface area contributed by atoms with Crippen LogP contribution in [0.3, 0.4) is 0 Å². The molecule has 1 aromatic carbocycles. The molecule has 0 aromatic heterocycles. The van der Waals surface area contributed by atoms with Crippen molar-refractivity contribution >= 4 is 23.6 Å². The third kappa shape index (κ3) is 7.61. The lowest BCUT2D eigenvalue weighted by molar-refractivity contribution is -0.139.